The molecule has 1 fully saturated rings. The molecule has 2 rings (SSSR count). The fraction of sp³-hybridized carbons (Fsp3) is 0.467. The van der Waals surface area contributed by atoms with E-state index in [2.05, 4.69) is 5.32 Å². The van der Waals surface area contributed by atoms with Crippen LogP contribution in [0.4, 0.5) is 4.79 Å². The van der Waals surface area contributed by atoms with Crippen molar-refractivity contribution in [1.29, 1.82) is 0 Å². The molecule has 0 aromatic heterocycles. The molecule has 2 amide bonds. The highest BCUT2D eigenvalue weighted by atomic mass is 32.2. The quantitative estimate of drug-likeness (QED) is 0.726. The van der Waals surface area contributed by atoms with Crippen LogP contribution in [-0.2, 0) is 14.8 Å². The van der Waals surface area contributed by atoms with Gasteiger partial charge in [0.25, 0.3) is 0 Å². The molecule has 1 saturated heterocycles. The summed E-state index contributed by atoms with van der Waals surface area (Å²) < 4.78 is 26.4. The molecule has 1 aliphatic heterocycles. The number of urea groups is 1. The molecule has 8 nitrogen and oxygen atoms in total. The van der Waals surface area contributed by atoms with Crippen molar-refractivity contribution < 1.29 is 23.1 Å². The molecule has 0 bridgehead atoms. The molecule has 1 aromatic carbocycles. The Balaban J connectivity index is 1.83. The highest BCUT2D eigenvalue weighted by molar-refractivity contribution is 7.89. The van der Waals surface area contributed by atoms with Crippen molar-refractivity contribution in [1.82, 2.24) is 14.5 Å². The minimum Gasteiger partial charge on any atom is -0.481 e. The lowest BCUT2D eigenvalue weighted by molar-refractivity contribution is -0.137. The second-order valence-electron chi connectivity index (χ2n) is 5.43. The summed E-state index contributed by atoms with van der Waals surface area (Å²) in [5, 5.41) is 11.2. The standard InChI is InChI=1S/C15H21N3O5S/c19-14(20)7-4-8-16-15(21)17-9-11-18(12-10-17)24(22,23)13-5-2-1-3-6-13/h1-3,5-6H,4,7-12H2,(H,16,21)(H,19,20). The van der Waals surface area contributed by atoms with Gasteiger partial charge < -0.3 is 15.3 Å². The van der Waals surface area contributed by atoms with Gasteiger partial charge in [-0.1, -0.05) is 18.2 Å². The van der Waals surface area contributed by atoms with Gasteiger partial charge in [0.05, 0.1) is 4.90 Å². The van der Waals surface area contributed by atoms with Crippen molar-refractivity contribution in [2.45, 2.75) is 17.7 Å². The number of aliphatic carboxylic acids is 1. The van der Waals surface area contributed by atoms with Gasteiger partial charge in [0.1, 0.15) is 0 Å². The average molecular weight is 355 g/mol. The maximum absolute atomic E-state index is 12.5. The van der Waals surface area contributed by atoms with Gasteiger partial charge in [-0.15, -0.1) is 0 Å². The summed E-state index contributed by atoms with van der Waals surface area (Å²) in [5.74, 6) is -0.899. The Bertz CT molecular complexity index is 670. The topological polar surface area (TPSA) is 107 Å². The van der Waals surface area contributed by atoms with Crippen molar-refractivity contribution in [2.75, 3.05) is 32.7 Å². The summed E-state index contributed by atoms with van der Waals surface area (Å²) in [6.45, 7) is 1.36. The third kappa shape index (κ3) is 4.68. The predicted octanol–water partition coefficient (Wildman–Crippen LogP) is 0.567. The van der Waals surface area contributed by atoms with E-state index in [1.54, 1.807) is 30.3 Å². The number of nitrogens with one attached hydrogen (secondary N) is 1. The Morgan fingerprint density at radius 1 is 1.08 bits per heavy atom. The number of carbonyl (C=O) groups is 2. The molecule has 0 saturated carbocycles. The first-order valence-corrected chi connectivity index (χ1v) is 9.15. The molecule has 132 valence electrons. The van der Waals surface area contributed by atoms with Crippen molar-refractivity contribution in [2.24, 2.45) is 0 Å². The third-order valence-electron chi connectivity index (χ3n) is 3.75. The van der Waals surface area contributed by atoms with Gasteiger partial charge in [0, 0.05) is 39.1 Å². The Morgan fingerprint density at radius 3 is 2.29 bits per heavy atom. The molecule has 9 heteroatoms. The van der Waals surface area contributed by atoms with Crippen LogP contribution in [0.5, 0.6) is 0 Å². The SMILES string of the molecule is O=C(O)CCCNC(=O)N1CCN(S(=O)(=O)c2ccccc2)CC1. The number of carbonyl (C=O) groups excluding carboxylic acids is 1. The molecule has 2 N–H and O–H groups in total. The molecule has 0 spiro atoms. The van der Waals surface area contributed by atoms with Gasteiger partial charge >= 0.3 is 12.0 Å². The van der Waals surface area contributed by atoms with Crippen molar-refractivity contribution in [3.05, 3.63) is 30.3 Å². The monoisotopic (exact) mass is 355 g/mol. The smallest absolute Gasteiger partial charge is 0.317 e. The van der Waals surface area contributed by atoms with Gasteiger partial charge in [0.15, 0.2) is 0 Å². The van der Waals surface area contributed by atoms with E-state index in [-0.39, 0.29) is 37.0 Å². The zero-order valence-electron chi connectivity index (χ0n) is 13.2. The van der Waals surface area contributed by atoms with E-state index < -0.39 is 16.0 Å². The maximum Gasteiger partial charge on any atom is 0.317 e. The van der Waals surface area contributed by atoms with Gasteiger partial charge in [0.2, 0.25) is 10.0 Å². The molecule has 1 aromatic rings. The van der Waals surface area contributed by atoms with Crippen molar-refractivity contribution in [3.63, 3.8) is 0 Å². The van der Waals surface area contributed by atoms with Gasteiger partial charge in [-0.05, 0) is 18.6 Å². The normalized spacial score (nSPS) is 15.9. The summed E-state index contributed by atoms with van der Waals surface area (Å²) in [6.07, 6.45) is 0.368. The average Bonchev–Trinajstić information content (AvgIpc) is 2.59. The second kappa shape index (κ2) is 8.11. The number of amides is 2. The zero-order valence-corrected chi connectivity index (χ0v) is 14.0. The van der Waals surface area contributed by atoms with Crippen LogP contribution in [0.25, 0.3) is 0 Å². The molecule has 0 aliphatic carbocycles. The lowest BCUT2D eigenvalue weighted by Crippen LogP contribution is -2.53. The van der Waals surface area contributed by atoms with Crippen molar-refractivity contribution >= 4 is 22.0 Å². The summed E-state index contributed by atoms with van der Waals surface area (Å²) in [6, 6.07) is 7.91. The second-order valence-corrected chi connectivity index (χ2v) is 7.37. The van der Waals surface area contributed by atoms with Crippen LogP contribution in [0.2, 0.25) is 0 Å². The highest BCUT2D eigenvalue weighted by Gasteiger charge is 2.29. The van der Waals surface area contributed by atoms with Crippen LogP contribution in [0, 0.1) is 0 Å². The first kappa shape index (κ1) is 18.2. The maximum atomic E-state index is 12.5. The Labute approximate surface area is 141 Å². The van der Waals surface area contributed by atoms with Crippen LogP contribution < -0.4 is 5.32 Å². The van der Waals surface area contributed by atoms with Gasteiger partial charge in [-0.2, -0.15) is 4.31 Å². The molecule has 1 heterocycles. The molecule has 0 radical (unpaired) electrons. The van der Waals surface area contributed by atoms with E-state index in [0.717, 1.165) is 0 Å². The Kier molecular flexibility index (Phi) is 6.16. The third-order valence-corrected chi connectivity index (χ3v) is 5.66. The number of hydrogen-bond donors (Lipinski definition) is 2. The van der Waals surface area contributed by atoms with E-state index in [9.17, 15) is 18.0 Å². The van der Waals surface area contributed by atoms with E-state index >= 15 is 0 Å². The van der Waals surface area contributed by atoms with Crippen LogP contribution in [0.1, 0.15) is 12.8 Å². The molecular weight excluding hydrogens is 334 g/mol. The zero-order chi connectivity index (χ0) is 17.6. The summed E-state index contributed by atoms with van der Waals surface area (Å²) >= 11 is 0. The molecule has 24 heavy (non-hydrogen) atoms. The number of rotatable bonds is 6. The summed E-state index contributed by atoms with van der Waals surface area (Å²) in [4.78, 5) is 24.2. The first-order chi connectivity index (χ1) is 11.4. The summed E-state index contributed by atoms with van der Waals surface area (Å²) in [7, 11) is -3.53. The lowest BCUT2D eigenvalue weighted by atomic mass is 10.3. The Morgan fingerprint density at radius 2 is 1.71 bits per heavy atom. The van der Waals surface area contributed by atoms with Crippen LogP contribution in [0.3, 0.4) is 0 Å². The number of carboxylic acids is 1. The molecule has 1 aliphatic rings. The number of sulfonamides is 1. The molecular formula is C15H21N3O5S. The number of hydrogen-bond acceptors (Lipinski definition) is 4. The minimum absolute atomic E-state index is 0.00335. The lowest BCUT2D eigenvalue weighted by Gasteiger charge is -2.34. The van der Waals surface area contributed by atoms with E-state index in [4.69, 9.17) is 5.11 Å². The van der Waals surface area contributed by atoms with E-state index in [0.29, 0.717) is 19.5 Å². The van der Waals surface area contributed by atoms with Crippen LogP contribution >= 0.6 is 0 Å². The number of carboxylic acid groups (broad SMARTS) is 1. The van der Waals surface area contributed by atoms with Gasteiger partial charge in [-0.3, -0.25) is 4.79 Å². The first-order valence-electron chi connectivity index (χ1n) is 7.71. The van der Waals surface area contributed by atoms with Crippen LogP contribution in [-0.4, -0.2) is 67.5 Å². The van der Waals surface area contributed by atoms with E-state index in [1.165, 1.54) is 9.21 Å². The van der Waals surface area contributed by atoms with E-state index in [1.807, 2.05) is 0 Å². The summed E-state index contributed by atoms with van der Waals surface area (Å²) in [5.41, 5.74) is 0. The molecule has 0 atom stereocenters. The number of piperazine rings is 1. The fourth-order valence-electron chi connectivity index (χ4n) is 2.42. The largest absolute Gasteiger partial charge is 0.481 e. The number of benzene rings is 1. The number of nitrogens with zero attached hydrogens (tertiary/aromatic N) is 2. The highest BCUT2D eigenvalue weighted by Crippen LogP contribution is 2.17. The Hall–Kier alpha value is -2.13. The minimum atomic E-state index is -3.53. The van der Waals surface area contributed by atoms with Crippen molar-refractivity contribution in [3.8, 4) is 0 Å². The molecule has 0 unspecified atom stereocenters. The van der Waals surface area contributed by atoms with Crippen LogP contribution in [0.15, 0.2) is 35.2 Å². The fourth-order valence-corrected chi connectivity index (χ4v) is 3.86. The van der Waals surface area contributed by atoms with Gasteiger partial charge in [-0.25, -0.2) is 13.2 Å². The predicted molar refractivity (Wildman–Crippen MR) is 87.0 cm³/mol.